The summed E-state index contributed by atoms with van der Waals surface area (Å²) in [6.07, 6.45) is 8.45. The van der Waals surface area contributed by atoms with Crippen LogP contribution in [-0.2, 0) is 19.1 Å². The van der Waals surface area contributed by atoms with Crippen molar-refractivity contribution in [1.29, 1.82) is 0 Å². The molecule has 7 heterocycles. The highest BCUT2D eigenvalue weighted by Gasteiger charge is 2.41. The first-order valence-electron chi connectivity index (χ1n) is 24.3. The molecule has 362 valence electrons. The smallest absolute Gasteiger partial charge is 0.407 e. The van der Waals surface area contributed by atoms with Crippen molar-refractivity contribution in [3.8, 4) is 17.0 Å². The summed E-state index contributed by atoms with van der Waals surface area (Å²) in [6, 6.07) is 12.3. The minimum absolute atomic E-state index is 0.127. The molecule has 2 aromatic carbocycles. The molecule has 1 unspecified atom stereocenters. The number of hydrogen-bond acceptors (Lipinski definition) is 10. The van der Waals surface area contributed by atoms with Crippen LogP contribution in [0.3, 0.4) is 0 Å². The van der Waals surface area contributed by atoms with Crippen LogP contribution in [-0.4, -0.2) is 101 Å². The summed E-state index contributed by atoms with van der Waals surface area (Å²) < 4.78 is 35.8. The molecule has 6 aliphatic rings. The highest BCUT2D eigenvalue weighted by Crippen LogP contribution is 2.51. The number of rotatable bonds is 12. The van der Waals surface area contributed by atoms with E-state index in [9.17, 15) is 19.2 Å². The van der Waals surface area contributed by atoms with E-state index in [4.69, 9.17) is 24.2 Å². The lowest BCUT2D eigenvalue weighted by atomic mass is 9.95. The molecule has 0 bridgehead atoms. The van der Waals surface area contributed by atoms with Gasteiger partial charge in [-0.15, -0.1) is 11.3 Å². The van der Waals surface area contributed by atoms with Crippen LogP contribution in [0.1, 0.15) is 118 Å². The largest absolute Gasteiger partial charge is 0.464 e. The third-order valence-electron chi connectivity index (χ3n) is 14.7. The monoisotopic (exact) mass is 957 g/mol. The average Bonchev–Trinajstić information content (AvgIpc) is 4.02. The number of alkyl carbamates (subject to hydrolysis) is 2. The first-order chi connectivity index (χ1) is 33.2. The molecule has 4 aromatic rings. The molecule has 10 rings (SSSR count). The third-order valence-corrected chi connectivity index (χ3v) is 16.1. The van der Waals surface area contributed by atoms with Gasteiger partial charge in [0.1, 0.15) is 23.7 Å². The van der Waals surface area contributed by atoms with Gasteiger partial charge in [-0.25, -0.2) is 14.0 Å². The van der Waals surface area contributed by atoms with E-state index in [2.05, 4.69) is 52.5 Å². The first-order valence-corrected chi connectivity index (χ1v) is 25.1. The Kier molecular flexibility index (Phi) is 12.5. The molecule has 4 amide bonds. The quantitative estimate of drug-likeness (QED) is 0.143. The Labute approximate surface area is 405 Å². The molecule has 3 fully saturated rings. The Morgan fingerprint density at radius 3 is 1.90 bits per heavy atom. The second-order valence-electron chi connectivity index (χ2n) is 19.9. The van der Waals surface area contributed by atoms with E-state index in [1.165, 1.54) is 31.9 Å². The van der Waals surface area contributed by atoms with Gasteiger partial charge in [0, 0.05) is 60.0 Å². The van der Waals surface area contributed by atoms with Gasteiger partial charge in [0.2, 0.25) is 18.0 Å². The van der Waals surface area contributed by atoms with Gasteiger partial charge >= 0.3 is 12.2 Å². The summed E-state index contributed by atoms with van der Waals surface area (Å²) in [5.74, 6) is 0.0436. The van der Waals surface area contributed by atoms with Crippen LogP contribution >= 0.6 is 11.3 Å². The number of allylic oxidation sites excluding steroid dienone is 2. The molecule has 5 atom stereocenters. The maximum atomic E-state index is 17.0. The van der Waals surface area contributed by atoms with Gasteiger partial charge in [0.25, 0.3) is 0 Å². The van der Waals surface area contributed by atoms with Crippen molar-refractivity contribution < 1.29 is 37.8 Å². The maximum absolute atomic E-state index is 17.0. The molecule has 2 aromatic heterocycles. The van der Waals surface area contributed by atoms with Gasteiger partial charge in [0.05, 0.1) is 48.0 Å². The number of nitrogens with one attached hydrogen (secondary N) is 2. The fraction of sp³-hybridized carbons (Fsp3) is 0.472. The number of ether oxygens (including phenoxy) is 3. The number of thiophene rings is 1. The Balaban J connectivity index is 0.925. The molecule has 0 radical (unpaired) electrons. The van der Waals surface area contributed by atoms with E-state index in [-0.39, 0.29) is 35.7 Å². The van der Waals surface area contributed by atoms with Crippen molar-refractivity contribution >= 4 is 68.8 Å². The second-order valence-corrected chi connectivity index (χ2v) is 21.1. The van der Waals surface area contributed by atoms with E-state index in [0.29, 0.717) is 48.7 Å². The molecule has 2 saturated heterocycles. The van der Waals surface area contributed by atoms with E-state index in [0.717, 1.165) is 80.9 Å². The minimum atomic E-state index is -0.738. The minimum Gasteiger partial charge on any atom is -0.464 e. The molecule has 1 saturated carbocycles. The molecular weight excluding hydrogens is 898 g/mol. The predicted molar refractivity (Wildman–Crippen MR) is 265 cm³/mol. The highest BCUT2D eigenvalue weighted by molar-refractivity contribution is 7.12. The van der Waals surface area contributed by atoms with Crippen molar-refractivity contribution in [2.45, 2.75) is 122 Å². The number of benzene rings is 2. The molecular formula is C53H60FN7O7S. The summed E-state index contributed by atoms with van der Waals surface area (Å²) in [5.41, 5.74) is 8.49. The standard InChI is InChI=1S/C53H60FN7O7S/c1-27(2)46(57-52(64)66-6)49(62)59-16-8-10-40(59)37-21-34(25-55-37)31-14-15-39-33(19-31)23-42-45-36(54)20-32(24-43(45)68-51(61(39)42)48-29(5)18-44(69-48)30-12-13-30)35-22-38(56-26-35)41-11-9-17-60(41)50(63)47(28(3)4)58-53(65)67-7/h14-15,18-20,23-28,30,40-41,46-47,51H,8-13,16-17,21-22H2,1-7H3,(H,57,64)(H,58,65)/t40-,41-,46-,47-,51?/m0/s1. The maximum Gasteiger partial charge on any atom is 0.407 e. The number of halogens is 1. The molecule has 14 nitrogen and oxygen atoms in total. The number of carbonyl (C=O) groups is 4. The lowest BCUT2D eigenvalue weighted by Crippen LogP contribution is -2.53. The van der Waals surface area contributed by atoms with Gasteiger partial charge < -0.3 is 34.6 Å². The van der Waals surface area contributed by atoms with E-state index < -0.39 is 36.3 Å². The summed E-state index contributed by atoms with van der Waals surface area (Å²) in [7, 11) is 2.58. The van der Waals surface area contributed by atoms with Crippen LogP contribution in [0.4, 0.5) is 14.0 Å². The molecule has 69 heavy (non-hydrogen) atoms. The number of amides is 4. The number of likely N-dealkylation sites (tertiary alicyclic amines) is 2. The predicted octanol–water partition coefficient (Wildman–Crippen LogP) is 9.75. The van der Waals surface area contributed by atoms with E-state index in [1.807, 2.05) is 49.8 Å². The van der Waals surface area contributed by atoms with Crippen LogP contribution in [0.5, 0.6) is 5.75 Å². The first kappa shape index (κ1) is 46.4. The molecule has 2 N–H and O–H groups in total. The van der Waals surface area contributed by atoms with Crippen molar-refractivity contribution in [3.63, 3.8) is 0 Å². The molecule has 16 heteroatoms. The number of aryl methyl sites for hydroxylation is 1. The fourth-order valence-electron chi connectivity index (χ4n) is 10.8. The Morgan fingerprint density at radius 2 is 1.35 bits per heavy atom. The SMILES string of the molecule is COC(=O)N[C@H](C(=O)N1CCC[C@H]1C1=NC=C(c2cc(F)c3c(c2)OC(c2sc(C4CC4)cc2C)n2c-3cc3cc(C4=CN=C([C@@H]5CCCN5C(=O)[C@@H](NC(=O)OC)C(C)C)C4)ccc32)C1)C(C)C. The van der Waals surface area contributed by atoms with Crippen LogP contribution in [0.15, 0.2) is 64.8 Å². The fourth-order valence-corrected chi connectivity index (χ4v) is 12.2. The lowest BCUT2D eigenvalue weighted by molar-refractivity contribution is -0.134. The van der Waals surface area contributed by atoms with Gasteiger partial charge in [0.15, 0.2) is 0 Å². The van der Waals surface area contributed by atoms with Gasteiger partial charge in [-0.1, -0.05) is 33.8 Å². The highest BCUT2D eigenvalue weighted by atomic mass is 32.1. The number of nitrogens with zero attached hydrogens (tertiary/aromatic N) is 5. The lowest BCUT2D eigenvalue weighted by Gasteiger charge is -2.31. The summed E-state index contributed by atoms with van der Waals surface area (Å²) in [6.45, 7) is 10.9. The van der Waals surface area contributed by atoms with Gasteiger partial charge in [-0.3, -0.25) is 24.1 Å². The van der Waals surface area contributed by atoms with Crippen molar-refractivity contribution in [2.24, 2.45) is 21.8 Å². The normalized spacial score (nSPS) is 21.6. The third kappa shape index (κ3) is 8.63. The number of hydrogen-bond donors (Lipinski definition) is 2. The van der Waals surface area contributed by atoms with Crippen LogP contribution in [0.2, 0.25) is 0 Å². The van der Waals surface area contributed by atoms with Gasteiger partial charge in [-0.2, -0.15) is 0 Å². The van der Waals surface area contributed by atoms with Gasteiger partial charge in [-0.05, 0) is 127 Å². The summed E-state index contributed by atoms with van der Waals surface area (Å²) in [5, 5.41) is 6.39. The van der Waals surface area contributed by atoms with Crippen LogP contribution in [0.25, 0.3) is 33.3 Å². The number of carbonyl (C=O) groups excluding carboxylic acids is 4. The topological polar surface area (TPSA) is 156 Å². The zero-order valence-electron chi connectivity index (χ0n) is 40.3. The summed E-state index contributed by atoms with van der Waals surface area (Å²) in [4.78, 5) is 67.9. The summed E-state index contributed by atoms with van der Waals surface area (Å²) >= 11 is 1.78. The van der Waals surface area contributed by atoms with Crippen LogP contribution < -0.4 is 15.4 Å². The molecule has 0 spiro atoms. The Morgan fingerprint density at radius 1 is 0.768 bits per heavy atom. The number of aliphatic imine (C=N–C) groups is 2. The molecule has 1 aliphatic carbocycles. The van der Waals surface area contributed by atoms with Crippen molar-refractivity contribution in [1.82, 2.24) is 25.0 Å². The Bertz CT molecular complexity index is 2890. The van der Waals surface area contributed by atoms with Crippen molar-refractivity contribution in [3.05, 3.63) is 87.1 Å². The number of aromatic nitrogens is 1. The van der Waals surface area contributed by atoms with Crippen molar-refractivity contribution in [2.75, 3.05) is 27.3 Å². The average molecular weight is 958 g/mol. The zero-order valence-corrected chi connectivity index (χ0v) is 41.1. The van der Waals surface area contributed by atoms with E-state index >= 15 is 4.39 Å². The second kappa shape index (κ2) is 18.6. The number of methoxy groups -OCH3 is 2. The molecule has 5 aliphatic heterocycles. The zero-order chi connectivity index (χ0) is 48.4. The van der Waals surface area contributed by atoms with Crippen LogP contribution in [0, 0.1) is 24.6 Å². The number of fused-ring (bicyclic) bond motifs is 5. The Hall–Kier alpha value is -6.29. The van der Waals surface area contributed by atoms with E-state index in [1.54, 1.807) is 23.6 Å².